The van der Waals surface area contributed by atoms with Crippen LogP contribution in [0, 0.1) is 0 Å². The van der Waals surface area contributed by atoms with E-state index in [4.69, 9.17) is 14.2 Å². The van der Waals surface area contributed by atoms with E-state index in [0.29, 0.717) is 12.8 Å². The standard InChI is InChI=1S/C66H106O6/c1-4-7-10-13-16-19-22-25-28-31-33-36-38-41-44-47-50-53-56-59-65(68)71-62-63(61-70-64(67)58-55-52-49-46-43-40-37-34-30-27-24-21-18-15-12-9-6-3)72-66(69)60-57-54-51-48-45-42-39-35-32-29-26-23-20-17-14-11-8-5-2/h7,10-11,14,16-17,19-20,23,25-26,28-29,32-33,35-36,39,41,44,50,53,63H,4-6,8-9,12-13,15,18,21-22,24,27,30-31,34,37-38,40,42-43,45-49,51-52,54-62H2,1-3H3/b10-7-,14-11-,19-16-,20-17-,26-23-,28-25-,32-29-,36-33-,39-35-,44-41-,53-50-. The van der Waals surface area contributed by atoms with E-state index in [1.54, 1.807) is 0 Å². The minimum Gasteiger partial charge on any atom is -0.462 e. The molecule has 0 saturated heterocycles. The fourth-order valence-electron chi connectivity index (χ4n) is 7.68. The van der Waals surface area contributed by atoms with Gasteiger partial charge in [-0.25, -0.2) is 0 Å². The number of unbranched alkanes of at least 4 members (excludes halogenated alkanes) is 22. The number of rotatable bonds is 51. The van der Waals surface area contributed by atoms with Crippen LogP contribution in [0.15, 0.2) is 134 Å². The molecule has 1 atom stereocenters. The quantitative estimate of drug-likeness (QED) is 0.0199. The van der Waals surface area contributed by atoms with E-state index in [-0.39, 0.29) is 44.0 Å². The molecule has 0 N–H and O–H groups in total. The number of carbonyl (C=O) groups is 3. The Morgan fingerprint density at radius 1 is 0.306 bits per heavy atom. The summed E-state index contributed by atoms with van der Waals surface area (Å²) in [5, 5.41) is 0. The topological polar surface area (TPSA) is 78.9 Å². The lowest BCUT2D eigenvalue weighted by molar-refractivity contribution is -0.166. The monoisotopic (exact) mass is 995 g/mol. The Balaban J connectivity index is 4.56. The molecule has 0 saturated carbocycles. The van der Waals surface area contributed by atoms with Gasteiger partial charge in [0.2, 0.25) is 0 Å². The van der Waals surface area contributed by atoms with Crippen LogP contribution in [-0.2, 0) is 28.6 Å². The smallest absolute Gasteiger partial charge is 0.306 e. The molecule has 6 heteroatoms. The number of hydrogen-bond donors (Lipinski definition) is 0. The van der Waals surface area contributed by atoms with Crippen molar-refractivity contribution in [3.63, 3.8) is 0 Å². The van der Waals surface area contributed by atoms with Gasteiger partial charge in [-0.05, 0) is 77.0 Å². The Morgan fingerprint density at radius 3 is 1.08 bits per heavy atom. The van der Waals surface area contributed by atoms with Gasteiger partial charge in [0.05, 0.1) is 0 Å². The summed E-state index contributed by atoms with van der Waals surface area (Å²) < 4.78 is 16.8. The van der Waals surface area contributed by atoms with E-state index in [1.165, 1.54) is 96.3 Å². The molecule has 0 aromatic heterocycles. The van der Waals surface area contributed by atoms with E-state index in [0.717, 1.165) is 103 Å². The van der Waals surface area contributed by atoms with E-state index < -0.39 is 6.10 Å². The fourth-order valence-corrected chi connectivity index (χ4v) is 7.68. The lowest BCUT2D eigenvalue weighted by Gasteiger charge is -2.18. The van der Waals surface area contributed by atoms with Crippen molar-refractivity contribution in [2.75, 3.05) is 13.2 Å². The van der Waals surface area contributed by atoms with E-state index in [9.17, 15) is 14.4 Å². The minimum atomic E-state index is -0.827. The Morgan fingerprint density at radius 2 is 0.653 bits per heavy atom. The largest absolute Gasteiger partial charge is 0.462 e. The first-order valence-electron chi connectivity index (χ1n) is 29.3. The average Bonchev–Trinajstić information content (AvgIpc) is 3.38. The first kappa shape index (κ1) is 67.5. The lowest BCUT2D eigenvalue weighted by Crippen LogP contribution is -2.30. The highest BCUT2D eigenvalue weighted by molar-refractivity contribution is 5.71. The predicted octanol–water partition coefficient (Wildman–Crippen LogP) is 19.8. The van der Waals surface area contributed by atoms with Crippen LogP contribution in [0.5, 0.6) is 0 Å². The molecular weight excluding hydrogens is 889 g/mol. The summed E-state index contributed by atoms with van der Waals surface area (Å²) in [6.07, 6.45) is 83.0. The van der Waals surface area contributed by atoms with Gasteiger partial charge in [0.15, 0.2) is 6.10 Å². The number of esters is 3. The van der Waals surface area contributed by atoms with Crippen LogP contribution in [0.3, 0.4) is 0 Å². The molecule has 0 fully saturated rings. The summed E-state index contributed by atoms with van der Waals surface area (Å²) >= 11 is 0. The van der Waals surface area contributed by atoms with Gasteiger partial charge < -0.3 is 14.2 Å². The van der Waals surface area contributed by atoms with Crippen molar-refractivity contribution in [2.24, 2.45) is 0 Å². The zero-order valence-electron chi connectivity index (χ0n) is 46.4. The molecular formula is C66H106O6. The summed E-state index contributed by atoms with van der Waals surface area (Å²) in [6.45, 7) is 6.36. The molecule has 406 valence electrons. The van der Waals surface area contributed by atoms with Gasteiger partial charge in [-0.3, -0.25) is 14.4 Å². The van der Waals surface area contributed by atoms with Crippen molar-refractivity contribution in [1.29, 1.82) is 0 Å². The zero-order valence-corrected chi connectivity index (χ0v) is 46.4. The highest BCUT2D eigenvalue weighted by Crippen LogP contribution is 2.15. The van der Waals surface area contributed by atoms with Crippen LogP contribution in [0.2, 0.25) is 0 Å². The van der Waals surface area contributed by atoms with Gasteiger partial charge in [0.1, 0.15) is 13.2 Å². The summed E-state index contributed by atoms with van der Waals surface area (Å²) in [5.41, 5.74) is 0. The number of allylic oxidation sites excluding steroid dienone is 22. The molecule has 0 aliphatic heterocycles. The summed E-state index contributed by atoms with van der Waals surface area (Å²) in [5.74, 6) is -1.03. The third kappa shape index (κ3) is 56.5. The maximum absolute atomic E-state index is 12.9. The third-order valence-electron chi connectivity index (χ3n) is 12.0. The minimum absolute atomic E-state index is 0.114. The molecule has 0 amide bonds. The van der Waals surface area contributed by atoms with Crippen molar-refractivity contribution in [2.45, 2.75) is 252 Å². The summed E-state index contributed by atoms with van der Waals surface area (Å²) in [6, 6.07) is 0. The van der Waals surface area contributed by atoms with Crippen LogP contribution in [0.25, 0.3) is 0 Å². The SMILES string of the molecule is CC/C=C\C/C=C\C/C=C\C/C=C\C/C=C\C/C=C\CCC(=O)OCC(COC(=O)CCCCCCCCCCCCCCCCCCC)OC(=O)CCCCCCC\C=C/C=C\C=C/C=C\C=C/CCC. The molecule has 72 heavy (non-hydrogen) atoms. The molecule has 1 unspecified atom stereocenters. The second kappa shape index (κ2) is 59.1. The summed E-state index contributed by atoms with van der Waals surface area (Å²) in [7, 11) is 0. The second-order valence-electron chi connectivity index (χ2n) is 18.9. The first-order chi connectivity index (χ1) is 35.5. The van der Waals surface area contributed by atoms with Crippen molar-refractivity contribution in [3.05, 3.63) is 134 Å². The van der Waals surface area contributed by atoms with Crippen LogP contribution in [-0.4, -0.2) is 37.2 Å². The van der Waals surface area contributed by atoms with Gasteiger partial charge >= 0.3 is 17.9 Å². The van der Waals surface area contributed by atoms with Crippen molar-refractivity contribution in [1.82, 2.24) is 0 Å². The van der Waals surface area contributed by atoms with Crippen LogP contribution in [0.1, 0.15) is 245 Å². The predicted molar refractivity (Wildman–Crippen MR) is 311 cm³/mol. The van der Waals surface area contributed by atoms with E-state index >= 15 is 0 Å². The van der Waals surface area contributed by atoms with Crippen LogP contribution in [0.4, 0.5) is 0 Å². The van der Waals surface area contributed by atoms with E-state index in [2.05, 4.69) is 118 Å². The van der Waals surface area contributed by atoms with Gasteiger partial charge in [0, 0.05) is 19.3 Å². The normalized spacial score (nSPS) is 13.1. The lowest BCUT2D eigenvalue weighted by atomic mass is 10.0. The number of carbonyl (C=O) groups excluding carboxylic acids is 3. The van der Waals surface area contributed by atoms with Crippen molar-refractivity contribution >= 4 is 17.9 Å². The molecule has 6 nitrogen and oxygen atoms in total. The average molecular weight is 996 g/mol. The maximum atomic E-state index is 12.9. The summed E-state index contributed by atoms with van der Waals surface area (Å²) in [4.78, 5) is 38.2. The van der Waals surface area contributed by atoms with Gasteiger partial charge in [-0.2, -0.15) is 0 Å². The van der Waals surface area contributed by atoms with Gasteiger partial charge in [-0.15, -0.1) is 0 Å². The second-order valence-corrected chi connectivity index (χ2v) is 18.9. The highest BCUT2D eigenvalue weighted by Gasteiger charge is 2.19. The van der Waals surface area contributed by atoms with Crippen molar-refractivity contribution in [3.8, 4) is 0 Å². The van der Waals surface area contributed by atoms with Gasteiger partial charge in [0.25, 0.3) is 0 Å². The molecule has 0 radical (unpaired) electrons. The molecule has 0 aliphatic rings. The maximum Gasteiger partial charge on any atom is 0.306 e. The molecule has 0 rings (SSSR count). The Bertz CT molecular complexity index is 1560. The fraction of sp³-hybridized carbons (Fsp3) is 0.621. The van der Waals surface area contributed by atoms with Crippen LogP contribution >= 0.6 is 0 Å². The number of ether oxygens (including phenoxy) is 3. The zero-order chi connectivity index (χ0) is 52.2. The van der Waals surface area contributed by atoms with Crippen molar-refractivity contribution < 1.29 is 28.6 Å². The molecule has 0 aliphatic carbocycles. The molecule has 0 aromatic carbocycles. The number of hydrogen-bond acceptors (Lipinski definition) is 6. The molecule has 0 heterocycles. The van der Waals surface area contributed by atoms with Gasteiger partial charge in [-0.1, -0.05) is 283 Å². The third-order valence-corrected chi connectivity index (χ3v) is 12.0. The van der Waals surface area contributed by atoms with E-state index in [1.807, 2.05) is 36.5 Å². The van der Waals surface area contributed by atoms with Crippen LogP contribution < -0.4 is 0 Å². The Hall–Kier alpha value is -4.45. The molecule has 0 bridgehead atoms. The highest BCUT2D eigenvalue weighted by atomic mass is 16.6. The Labute approximate surface area is 443 Å². The first-order valence-corrected chi connectivity index (χ1v) is 29.3. The molecule has 0 spiro atoms. The Kier molecular flexibility index (Phi) is 55.5. The molecule has 0 aromatic rings.